The fourth-order valence-corrected chi connectivity index (χ4v) is 2.39. The summed E-state index contributed by atoms with van der Waals surface area (Å²) in [6.45, 7) is 5.78. The zero-order valence-corrected chi connectivity index (χ0v) is 12.5. The first-order valence-corrected chi connectivity index (χ1v) is 7.21. The van der Waals surface area contributed by atoms with Crippen molar-refractivity contribution >= 4 is 0 Å². The molecule has 1 atom stereocenters. The topological polar surface area (TPSA) is 39.1 Å². The number of hydrogen-bond donors (Lipinski definition) is 1. The molecule has 0 aliphatic heterocycles. The van der Waals surface area contributed by atoms with Crippen LogP contribution in [0.5, 0.6) is 5.75 Å². The molecule has 1 aromatic heterocycles. The lowest BCUT2D eigenvalue weighted by Crippen LogP contribution is -2.18. The molecule has 1 heterocycles. The van der Waals surface area contributed by atoms with E-state index in [1.54, 1.807) is 0 Å². The molecule has 0 radical (unpaired) electrons. The van der Waals surface area contributed by atoms with Crippen molar-refractivity contribution in [1.82, 2.24) is 15.1 Å². The summed E-state index contributed by atoms with van der Waals surface area (Å²) in [7, 11) is 1.96. The SMILES string of the molecule is CCCn1cc(C(NC)c2ccccc2OCC)cn1. The summed E-state index contributed by atoms with van der Waals surface area (Å²) < 4.78 is 7.72. The molecule has 0 saturated heterocycles. The van der Waals surface area contributed by atoms with Gasteiger partial charge in [-0.3, -0.25) is 4.68 Å². The van der Waals surface area contributed by atoms with Crippen molar-refractivity contribution in [3.8, 4) is 5.75 Å². The first kappa shape index (κ1) is 14.6. The Kier molecular flexibility index (Phi) is 5.18. The Bertz CT molecular complexity index is 536. The number of rotatable bonds is 7. The number of benzene rings is 1. The quantitative estimate of drug-likeness (QED) is 0.843. The third-order valence-electron chi connectivity index (χ3n) is 3.26. The molecule has 2 aromatic rings. The van der Waals surface area contributed by atoms with Gasteiger partial charge in [0.1, 0.15) is 5.75 Å². The maximum absolute atomic E-state index is 5.73. The second-order valence-corrected chi connectivity index (χ2v) is 4.73. The van der Waals surface area contributed by atoms with Crippen LogP contribution in [0.2, 0.25) is 0 Å². The van der Waals surface area contributed by atoms with Crippen LogP contribution in [0.4, 0.5) is 0 Å². The molecule has 108 valence electrons. The molecule has 1 unspecified atom stereocenters. The first-order valence-electron chi connectivity index (χ1n) is 7.21. The van der Waals surface area contributed by atoms with E-state index < -0.39 is 0 Å². The fourth-order valence-electron chi connectivity index (χ4n) is 2.39. The Morgan fingerprint density at radius 3 is 2.80 bits per heavy atom. The summed E-state index contributed by atoms with van der Waals surface area (Å²) in [6.07, 6.45) is 5.12. The molecule has 0 spiro atoms. The number of nitrogens with one attached hydrogen (secondary N) is 1. The minimum atomic E-state index is 0.100. The van der Waals surface area contributed by atoms with Crippen LogP contribution in [0.25, 0.3) is 0 Å². The van der Waals surface area contributed by atoms with Gasteiger partial charge in [0, 0.05) is 23.9 Å². The van der Waals surface area contributed by atoms with Crippen LogP contribution in [0.15, 0.2) is 36.7 Å². The maximum Gasteiger partial charge on any atom is 0.124 e. The van der Waals surface area contributed by atoms with E-state index in [2.05, 4.69) is 29.6 Å². The number of aromatic nitrogens is 2. The van der Waals surface area contributed by atoms with E-state index in [4.69, 9.17) is 4.74 Å². The van der Waals surface area contributed by atoms with Gasteiger partial charge < -0.3 is 10.1 Å². The molecule has 4 heteroatoms. The highest BCUT2D eigenvalue weighted by molar-refractivity contribution is 5.40. The highest BCUT2D eigenvalue weighted by atomic mass is 16.5. The lowest BCUT2D eigenvalue weighted by atomic mass is 10.0. The second kappa shape index (κ2) is 7.10. The van der Waals surface area contributed by atoms with Crippen LogP contribution in [-0.4, -0.2) is 23.4 Å². The van der Waals surface area contributed by atoms with Gasteiger partial charge in [-0.05, 0) is 26.5 Å². The van der Waals surface area contributed by atoms with Crippen LogP contribution in [0, 0.1) is 0 Å². The van der Waals surface area contributed by atoms with E-state index in [1.807, 2.05) is 43.0 Å². The molecular weight excluding hydrogens is 250 g/mol. The largest absolute Gasteiger partial charge is 0.494 e. The van der Waals surface area contributed by atoms with Gasteiger partial charge in [-0.1, -0.05) is 25.1 Å². The molecule has 0 amide bonds. The highest BCUT2D eigenvalue weighted by Gasteiger charge is 2.17. The zero-order valence-electron chi connectivity index (χ0n) is 12.5. The van der Waals surface area contributed by atoms with Crippen molar-refractivity contribution in [3.63, 3.8) is 0 Å². The summed E-state index contributed by atoms with van der Waals surface area (Å²) in [5, 5.41) is 7.77. The van der Waals surface area contributed by atoms with Crippen LogP contribution in [0.3, 0.4) is 0 Å². The Balaban J connectivity index is 2.31. The average molecular weight is 273 g/mol. The first-order chi connectivity index (χ1) is 9.80. The Morgan fingerprint density at radius 1 is 1.30 bits per heavy atom. The van der Waals surface area contributed by atoms with E-state index in [-0.39, 0.29) is 6.04 Å². The molecule has 0 fully saturated rings. The number of hydrogen-bond acceptors (Lipinski definition) is 3. The van der Waals surface area contributed by atoms with Crippen molar-refractivity contribution in [2.45, 2.75) is 32.9 Å². The summed E-state index contributed by atoms with van der Waals surface area (Å²) in [6, 6.07) is 8.26. The van der Waals surface area contributed by atoms with E-state index in [0.29, 0.717) is 6.61 Å². The Hall–Kier alpha value is -1.81. The minimum absolute atomic E-state index is 0.100. The van der Waals surface area contributed by atoms with Gasteiger partial charge >= 0.3 is 0 Å². The van der Waals surface area contributed by atoms with Crippen molar-refractivity contribution < 1.29 is 4.74 Å². The molecule has 20 heavy (non-hydrogen) atoms. The Morgan fingerprint density at radius 2 is 2.10 bits per heavy atom. The third-order valence-corrected chi connectivity index (χ3v) is 3.26. The van der Waals surface area contributed by atoms with Crippen molar-refractivity contribution in [1.29, 1.82) is 0 Å². The number of ether oxygens (including phenoxy) is 1. The molecule has 1 aromatic carbocycles. The maximum atomic E-state index is 5.73. The molecule has 1 N–H and O–H groups in total. The normalized spacial score (nSPS) is 12.3. The van der Waals surface area contributed by atoms with Crippen molar-refractivity contribution in [2.75, 3.05) is 13.7 Å². The van der Waals surface area contributed by atoms with Crippen LogP contribution < -0.4 is 10.1 Å². The molecule has 4 nitrogen and oxygen atoms in total. The van der Waals surface area contributed by atoms with Crippen LogP contribution in [-0.2, 0) is 6.54 Å². The molecule has 0 aliphatic carbocycles. The minimum Gasteiger partial charge on any atom is -0.494 e. The van der Waals surface area contributed by atoms with Gasteiger partial charge in [-0.25, -0.2) is 0 Å². The van der Waals surface area contributed by atoms with Gasteiger partial charge in [0.2, 0.25) is 0 Å². The Labute approximate surface area is 120 Å². The number of nitrogens with zero attached hydrogens (tertiary/aromatic N) is 2. The fraction of sp³-hybridized carbons (Fsp3) is 0.438. The number of aryl methyl sites for hydroxylation is 1. The van der Waals surface area contributed by atoms with Crippen molar-refractivity contribution in [2.24, 2.45) is 0 Å². The third kappa shape index (κ3) is 3.20. The predicted octanol–water partition coefficient (Wildman–Crippen LogP) is 3.00. The second-order valence-electron chi connectivity index (χ2n) is 4.73. The van der Waals surface area contributed by atoms with E-state index in [1.165, 1.54) is 0 Å². The van der Waals surface area contributed by atoms with E-state index in [0.717, 1.165) is 29.8 Å². The summed E-state index contributed by atoms with van der Waals surface area (Å²) >= 11 is 0. The number of para-hydroxylation sites is 1. The molecular formula is C16H23N3O. The van der Waals surface area contributed by atoms with Gasteiger partial charge in [0.25, 0.3) is 0 Å². The monoisotopic (exact) mass is 273 g/mol. The molecule has 0 saturated carbocycles. The van der Waals surface area contributed by atoms with Gasteiger partial charge in [-0.2, -0.15) is 5.10 Å². The van der Waals surface area contributed by atoms with E-state index in [9.17, 15) is 0 Å². The van der Waals surface area contributed by atoms with Gasteiger partial charge in [0.15, 0.2) is 0 Å². The standard InChI is InChI=1S/C16H23N3O/c1-4-10-19-12-13(11-18-19)16(17-3)14-8-6-7-9-15(14)20-5-2/h6-9,11-12,16-17H,4-5,10H2,1-3H3. The average Bonchev–Trinajstić information content (AvgIpc) is 2.91. The summed E-state index contributed by atoms with van der Waals surface area (Å²) in [5.41, 5.74) is 2.31. The van der Waals surface area contributed by atoms with Crippen LogP contribution in [0.1, 0.15) is 37.4 Å². The molecule has 0 bridgehead atoms. The van der Waals surface area contributed by atoms with Gasteiger partial charge in [-0.15, -0.1) is 0 Å². The van der Waals surface area contributed by atoms with Crippen LogP contribution >= 0.6 is 0 Å². The summed E-state index contributed by atoms with van der Waals surface area (Å²) in [4.78, 5) is 0. The summed E-state index contributed by atoms with van der Waals surface area (Å²) in [5.74, 6) is 0.928. The van der Waals surface area contributed by atoms with E-state index >= 15 is 0 Å². The molecule has 2 rings (SSSR count). The van der Waals surface area contributed by atoms with Crippen molar-refractivity contribution in [3.05, 3.63) is 47.8 Å². The van der Waals surface area contributed by atoms with Gasteiger partial charge in [0.05, 0.1) is 18.8 Å². The smallest absolute Gasteiger partial charge is 0.124 e. The lowest BCUT2D eigenvalue weighted by molar-refractivity contribution is 0.334. The zero-order chi connectivity index (χ0) is 14.4. The predicted molar refractivity (Wildman–Crippen MR) is 81.0 cm³/mol. The molecule has 0 aliphatic rings. The lowest BCUT2D eigenvalue weighted by Gasteiger charge is -2.18. The highest BCUT2D eigenvalue weighted by Crippen LogP contribution is 2.29.